The second kappa shape index (κ2) is 9.16. The van der Waals surface area contributed by atoms with Crippen molar-refractivity contribution in [1.29, 1.82) is 0 Å². The molecule has 0 aliphatic heterocycles. The fourth-order valence-corrected chi connectivity index (χ4v) is 2.63. The number of hydrogen-bond acceptors (Lipinski definition) is 4. The molecule has 1 aromatic heterocycles. The summed E-state index contributed by atoms with van der Waals surface area (Å²) < 4.78 is 11.0. The van der Waals surface area contributed by atoms with E-state index in [1.165, 1.54) is 18.4 Å². The van der Waals surface area contributed by atoms with Crippen LogP contribution in [0.25, 0.3) is 0 Å². The van der Waals surface area contributed by atoms with Crippen LogP contribution in [0, 0.1) is 6.92 Å². The molecule has 0 saturated carbocycles. The summed E-state index contributed by atoms with van der Waals surface area (Å²) in [7, 11) is 3.70. The topological polar surface area (TPSA) is 37.6 Å². The van der Waals surface area contributed by atoms with E-state index in [0.29, 0.717) is 6.04 Å². The van der Waals surface area contributed by atoms with Crippen molar-refractivity contribution in [2.45, 2.75) is 52.7 Å². The summed E-state index contributed by atoms with van der Waals surface area (Å²) in [4.78, 5) is 2.50. The zero-order valence-corrected chi connectivity index (χ0v) is 13.7. The summed E-state index contributed by atoms with van der Waals surface area (Å²) in [6.07, 6.45) is 2.33. The van der Waals surface area contributed by atoms with Crippen LogP contribution in [0.3, 0.4) is 0 Å². The second-order valence-corrected chi connectivity index (χ2v) is 5.26. The minimum absolute atomic E-state index is 0.604. The maximum atomic E-state index is 5.79. The molecule has 0 bridgehead atoms. The molecule has 0 radical (unpaired) electrons. The van der Waals surface area contributed by atoms with Crippen molar-refractivity contribution in [1.82, 2.24) is 10.2 Å². The van der Waals surface area contributed by atoms with Crippen LogP contribution in [-0.2, 0) is 17.8 Å². The first-order valence-corrected chi connectivity index (χ1v) is 7.61. The monoisotopic (exact) mass is 282 g/mol. The van der Waals surface area contributed by atoms with Crippen LogP contribution in [0.1, 0.15) is 43.8 Å². The van der Waals surface area contributed by atoms with E-state index in [-0.39, 0.29) is 0 Å². The standard InChI is InChI=1S/C16H30N2O2/c1-6-15(7-2)18(8-9-19-5)12-14-10-16(11-17-4)20-13(14)3/h10,15,17H,6-9,11-12H2,1-5H3. The Morgan fingerprint density at radius 3 is 2.60 bits per heavy atom. The Balaban J connectivity index is 2.76. The van der Waals surface area contributed by atoms with Crippen LogP contribution in [0.2, 0.25) is 0 Å². The van der Waals surface area contributed by atoms with E-state index in [1.807, 2.05) is 7.05 Å². The minimum atomic E-state index is 0.604. The third-order valence-electron chi connectivity index (χ3n) is 3.84. The van der Waals surface area contributed by atoms with Gasteiger partial charge in [0.05, 0.1) is 13.2 Å². The first-order valence-electron chi connectivity index (χ1n) is 7.61. The molecule has 0 spiro atoms. The average molecular weight is 282 g/mol. The van der Waals surface area contributed by atoms with Gasteiger partial charge >= 0.3 is 0 Å². The number of rotatable bonds is 10. The highest BCUT2D eigenvalue weighted by atomic mass is 16.5. The number of nitrogens with one attached hydrogen (secondary N) is 1. The molecular formula is C16H30N2O2. The van der Waals surface area contributed by atoms with E-state index >= 15 is 0 Å². The summed E-state index contributed by atoms with van der Waals surface area (Å²) in [5.41, 5.74) is 1.29. The van der Waals surface area contributed by atoms with Gasteiger partial charge in [0.25, 0.3) is 0 Å². The quantitative estimate of drug-likeness (QED) is 0.716. The van der Waals surface area contributed by atoms with Crippen molar-refractivity contribution < 1.29 is 9.15 Å². The van der Waals surface area contributed by atoms with Crippen molar-refractivity contribution in [2.24, 2.45) is 0 Å². The number of ether oxygens (including phenoxy) is 1. The smallest absolute Gasteiger partial charge is 0.118 e. The van der Waals surface area contributed by atoms with E-state index < -0.39 is 0 Å². The lowest BCUT2D eigenvalue weighted by Gasteiger charge is -2.30. The van der Waals surface area contributed by atoms with Gasteiger partial charge in [0.2, 0.25) is 0 Å². The summed E-state index contributed by atoms with van der Waals surface area (Å²) in [6, 6.07) is 2.78. The van der Waals surface area contributed by atoms with Crippen LogP contribution in [0.4, 0.5) is 0 Å². The van der Waals surface area contributed by atoms with Gasteiger partial charge in [-0.05, 0) is 32.9 Å². The van der Waals surface area contributed by atoms with Gasteiger partial charge in [-0.2, -0.15) is 0 Å². The third kappa shape index (κ3) is 4.93. The Bertz CT molecular complexity index is 373. The molecule has 0 amide bonds. The van der Waals surface area contributed by atoms with Gasteiger partial charge in [-0.25, -0.2) is 0 Å². The molecule has 116 valence electrons. The Labute approximate surface area is 123 Å². The van der Waals surface area contributed by atoms with E-state index in [1.54, 1.807) is 7.11 Å². The molecule has 0 aromatic carbocycles. The van der Waals surface area contributed by atoms with Crippen molar-refractivity contribution >= 4 is 0 Å². The first kappa shape index (κ1) is 17.2. The highest BCUT2D eigenvalue weighted by Crippen LogP contribution is 2.19. The molecular weight excluding hydrogens is 252 g/mol. The number of furan rings is 1. The SMILES string of the molecule is CCC(CC)N(CCOC)Cc1cc(CNC)oc1C. The highest BCUT2D eigenvalue weighted by molar-refractivity contribution is 5.20. The summed E-state index contributed by atoms with van der Waals surface area (Å²) >= 11 is 0. The number of nitrogens with zero attached hydrogens (tertiary/aromatic N) is 1. The molecule has 1 N–H and O–H groups in total. The number of aryl methyl sites for hydroxylation is 1. The Morgan fingerprint density at radius 1 is 1.35 bits per heavy atom. The van der Waals surface area contributed by atoms with Crippen molar-refractivity contribution in [3.8, 4) is 0 Å². The highest BCUT2D eigenvalue weighted by Gasteiger charge is 2.18. The van der Waals surface area contributed by atoms with Crippen molar-refractivity contribution in [3.63, 3.8) is 0 Å². The Morgan fingerprint density at radius 2 is 2.05 bits per heavy atom. The first-order chi connectivity index (χ1) is 9.65. The summed E-state index contributed by atoms with van der Waals surface area (Å²) in [5, 5.41) is 3.13. The lowest BCUT2D eigenvalue weighted by Crippen LogP contribution is -2.36. The van der Waals surface area contributed by atoms with Gasteiger partial charge in [0.1, 0.15) is 11.5 Å². The fourth-order valence-electron chi connectivity index (χ4n) is 2.63. The molecule has 0 aliphatic rings. The van der Waals surface area contributed by atoms with Crippen molar-refractivity contribution in [2.75, 3.05) is 27.3 Å². The molecule has 0 unspecified atom stereocenters. The summed E-state index contributed by atoms with van der Waals surface area (Å²) in [6.45, 7) is 10.0. The number of methoxy groups -OCH3 is 1. The predicted molar refractivity (Wildman–Crippen MR) is 82.9 cm³/mol. The minimum Gasteiger partial charge on any atom is -0.465 e. The molecule has 20 heavy (non-hydrogen) atoms. The normalized spacial score (nSPS) is 11.8. The van der Waals surface area contributed by atoms with Crippen LogP contribution < -0.4 is 5.32 Å². The fraction of sp³-hybridized carbons (Fsp3) is 0.750. The van der Waals surface area contributed by atoms with Gasteiger partial charge in [-0.1, -0.05) is 13.8 Å². The van der Waals surface area contributed by atoms with Crippen LogP contribution >= 0.6 is 0 Å². The van der Waals surface area contributed by atoms with Gasteiger partial charge in [0.15, 0.2) is 0 Å². The average Bonchev–Trinajstić information content (AvgIpc) is 2.77. The maximum Gasteiger partial charge on any atom is 0.118 e. The predicted octanol–water partition coefficient (Wildman–Crippen LogP) is 2.94. The van der Waals surface area contributed by atoms with Crippen LogP contribution in [0.5, 0.6) is 0 Å². The number of hydrogen-bond donors (Lipinski definition) is 1. The lowest BCUT2D eigenvalue weighted by atomic mass is 10.1. The lowest BCUT2D eigenvalue weighted by molar-refractivity contribution is 0.109. The molecule has 1 rings (SSSR count). The van der Waals surface area contributed by atoms with E-state index in [0.717, 1.165) is 37.8 Å². The van der Waals surface area contributed by atoms with Gasteiger partial charge in [-0.15, -0.1) is 0 Å². The molecule has 0 saturated heterocycles. The molecule has 0 atom stereocenters. The Hall–Kier alpha value is -0.840. The maximum absolute atomic E-state index is 5.79. The molecule has 4 nitrogen and oxygen atoms in total. The van der Waals surface area contributed by atoms with Crippen LogP contribution in [-0.4, -0.2) is 38.3 Å². The van der Waals surface area contributed by atoms with E-state index in [9.17, 15) is 0 Å². The largest absolute Gasteiger partial charge is 0.465 e. The second-order valence-electron chi connectivity index (χ2n) is 5.26. The molecule has 4 heteroatoms. The van der Waals surface area contributed by atoms with E-state index in [2.05, 4.69) is 37.1 Å². The van der Waals surface area contributed by atoms with E-state index in [4.69, 9.17) is 9.15 Å². The zero-order valence-electron chi connectivity index (χ0n) is 13.7. The Kier molecular flexibility index (Phi) is 7.88. The molecule has 0 aliphatic carbocycles. The van der Waals surface area contributed by atoms with Gasteiger partial charge < -0.3 is 14.5 Å². The van der Waals surface area contributed by atoms with Gasteiger partial charge in [-0.3, -0.25) is 4.90 Å². The third-order valence-corrected chi connectivity index (χ3v) is 3.84. The summed E-state index contributed by atoms with van der Waals surface area (Å²) in [5.74, 6) is 2.04. The van der Waals surface area contributed by atoms with Crippen molar-refractivity contribution in [3.05, 3.63) is 23.2 Å². The van der Waals surface area contributed by atoms with Gasteiger partial charge in [0, 0.05) is 31.8 Å². The molecule has 1 heterocycles. The zero-order chi connectivity index (χ0) is 15.0. The molecule has 1 aromatic rings. The molecule has 0 fully saturated rings. The van der Waals surface area contributed by atoms with Crippen LogP contribution in [0.15, 0.2) is 10.5 Å².